The quantitative estimate of drug-likeness (QED) is 0.212. The van der Waals surface area contributed by atoms with Crippen molar-refractivity contribution in [1.82, 2.24) is 9.97 Å². The first kappa shape index (κ1) is 20.4. The van der Waals surface area contributed by atoms with Crippen LogP contribution in [0.15, 0.2) is 59.8 Å². The van der Waals surface area contributed by atoms with Crippen molar-refractivity contribution in [3.8, 4) is 17.2 Å². The van der Waals surface area contributed by atoms with E-state index in [2.05, 4.69) is 58.6 Å². The molecule has 0 spiro atoms. The van der Waals surface area contributed by atoms with E-state index in [0.717, 1.165) is 46.1 Å². The van der Waals surface area contributed by atoms with Gasteiger partial charge in [-0.15, -0.1) is 11.3 Å². The lowest BCUT2D eigenvalue weighted by atomic mass is 10.0. The van der Waals surface area contributed by atoms with Crippen LogP contribution in [0.4, 0.5) is 5.82 Å². The van der Waals surface area contributed by atoms with Gasteiger partial charge in [-0.2, -0.15) is 5.26 Å². The minimum absolute atomic E-state index is 0.686. The van der Waals surface area contributed by atoms with E-state index in [9.17, 15) is 0 Å². The molecule has 0 unspecified atom stereocenters. The van der Waals surface area contributed by atoms with Crippen molar-refractivity contribution in [3.05, 3.63) is 70.6 Å². The highest BCUT2D eigenvalue weighted by Gasteiger charge is 2.10. The van der Waals surface area contributed by atoms with E-state index in [1.54, 1.807) is 23.1 Å². The third-order valence-corrected chi connectivity index (χ3v) is 6.41. The number of aromatic nitrogens is 2. The smallest absolute Gasteiger partial charge is 0.190 e. The Morgan fingerprint density at radius 1 is 1.03 bits per heavy atom. The van der Waals surface area contributed by atoms with Crippen molar-refractivity contribution in [2.45, 2.75) is 24.9 Å². The summed E-state index contributed by atoms with van der Waals surface area (Å²) in [5.74, 6) is 0.935. The number of anilines is 1. The topological polar surface area (TPSA) is 61.6 Å². The minimum atomic E-state index is 0.686. The molecule has 0 saturated carbocycles. The van der Waals surface area contributed by atoms with Gasteiger partial charge in [0.1, 0.15) is 10.6 Å². The van der Waals surface area contributed by atoms with E-state index in [1.165, 1.54) is 16.0 Å². The molecule has 4 rings (SSSR count). The van der Waals surface area contributed by atoms with E-state index < -0.39 is 0 Å². The first-order valence-corrected chi connectivity index (χ1v) is 11.9. The fourth-order valence-corrected chi connectivity index (χ4v) is 4.65. The molecule has 4 nitrogen and oxygen atoms in total. The molecule has 0 radical (unpaired) electrons. The molecule has 4 aromatic rings. The van der Waals surface area contributed by atoms with E-state index in [1.807, 2.05) is 30.5 Å². The van der Waals surface area contributed by atoms with Crippen molar-refractivity contribution < 1.29 is 0 Å². The highest BCUT2D eigenvalue weighted by molar-refractivity contribution is 7.98. The van der Waals surface area contributed by atoms with Gasteiger partial charge in [-0.05, 0) is 60.9 Å². The van der Waals surface area contributed by atoms with Crippen molar-refractivity contribution in [1.29, 1.82) is 5.26 Å². The maximum absolute atomic E-state index is 8.93. The lowest BCUT2D eigenvalue weighted by Crippen LogP contribution is -2.06. The van der Waals surface area contributed by atoms with E-state index in [-0.39, 0.29) is 0 Å². The maximum atomic E-state index is 8.93. The number of aryl methyl sites for hydroxylation is 2. The van der Waals surface area contributed by atoms with E-state index in [0.29, 0.717) is 5.56 Å². The zero-order valence-electron chi connectivity index (χ0n) is 17.0. The Morgan fingerprint density at radius 3 is 2.40 bits per heavy atom. The Labute approximate surface area is 185 Å². The lowest BCUT2D eigenvalue weighted by molar-refractivity contribution is 0.855. The summed E-state index contributed by atoms with van der Waals surface area (Å²) in [6, 6.07) is 20.7. The second kappa shape index (κ2) is 9.29. The monoisotopic (exact) mass is 430 g/mol. The fraction of sp³-hybridized carbons (Fsp3) is 0.208. The van der Waals surface area contributed by atoms with Gasteiger partial charge in [-0.3, -0.25) is 0 Å². The molecular weight excluding hydrogens is 408 g/mol. The Balaban J connectivity index is 1.36. The van der Waals surface area contributed by atoms with Gasteiger partial charge in [0, 0.05) is 11.4 Å². The first-order valence-electron chi connectivity index (χ1n) is 9.82. The van der Waals surface area contributed by atoms with Crippen LogP contribution in [0.2, 0.25) is 0 Å². The third-order valence-electron chi connectivity index (χ3n) is 4.91. The average Bonchev–Trinajstić information content (AvgIpc) is 3.17. The first-order chi connectivity index (χ1) is 14.7. The molecule has 2 aromatic carbocycles. The number of benzene rings is 2. The molecule has 0 saturated heterocycles. The minimum Gasteiger partial charge on any atom is -0.369 e. The molecule has 0 aliphatic rings. The summed E-state index contributed by atoms with van der Waals surface area (Å²) in [6.07, 6.45) is 4.04. The number of nitriles is 1. The normalized spacial score (nSPS) is 10.8. The molecule has 0 bridgehead atoms. The summed E-state index contributed by atoms with van der Waals surface area (Å²) < 4.78 is 0. The molecular formula is C24H22N4S2. The van der Waals surface area contributed by atoms with Crippen LogP contribution in [-0.4, -0.2) is 22.8 Å². The van der Waals surface area contributed by atoms with Gasteiger partial charge >= 0.3 is 0 Å². The number of fused-ring (bicyclic) bond motifs is 1. The third kappa shape index (κ3) is 4.64. The molecule has 6 heteroatoms. The van der Waals surface area contributed by atoms with Gasteiger partial charge in [0.25, 0.3) is 0 Å². The number of nitrogens with one attached hydrogen (secondary N) is 1. The Kier molecular flexibility index (Phi) is 6.32. The summed E-state index contributed by atoms with van der Waals surface area (Å²) in [7, 11) is 0. The van der Waals surface area contributed by atoms with Crippen LogP contribution in [-0.2, 0) is 6.42 Å². The van der Waals surface area contributed by atoms with Crippen LogP contribution in [0.3, 0.4) is 0 Å². The Bertz CT molecular complexity index is 1190. The van der Waals surface area contributed by atoms with Crippen LogP contribution in [0.25, 0.3) is 21.3 Å². The van der Waals surface area contributed by atoms with Crippen LogP contribution >= 0.6 is 23.1 Å². The van der Waals surface area contributed by atoms with Crippen LogP contribution < -0.4 is 5.32 Å². The number of rotatable bonds is 7. The number of thiophene rings is 1. The molecule has 0 aliphatic heterocycles. The summed E-state index contributed by atoms with van der Waals surface area (Å²) in [5, 5.41) is 14.4. The van der Waals surface area contributed by atoms with Crippen molar-refractivity contribution in [2.75, 3.05) is 18.1 Å². The second-order valence-electron chi connectivity index (χ2n) is 7.05. The largest absolute Gasteiger partial charge is 0.369 e. The maximum Gasteiger partial charge on any atom is 0.190 e. The van der Waals surface area contributed by atoms with Gasteiger partial charge in [0.05, 0.1) is 17.0 Å². The van der Waals surface area contributed by atoms with E-state index in [4.69, 9.17) is 5.26 Å². The van der Waals surface area contributed by atoms with Gasteiger partial charge in [-0.1, -0.05) is 48.2 Å². The van der Waals surface area contributed by atoms with Crippen molar-refractivity contribution >= 4 is 39.1 Å². The molecule has 0 atom stereocenters. The molecule has 2 heterocycles. The van der Waals surface area contributed by atoms with Crippen molar-refractivity contribution in [2.24, 2.45) is 0 Å². The standard InChI is InChI=1S/C24H22N4S2/c1-16-14-21-22(27-24(29-2)28-23(21)30-16)26-13-3-4-17-5-9-19(10-6-17)20-11-7-18(15-25)8-12-20/h5-12,14H,3-4,13H2,1-2H3,(H,26,27,28). The molecule has 1 N–H and O–H groups in total. The van der Waals surface area contributed by atoms with Crippen LogP contribution in [0.1, 0.15) is 22.4 Å². The fourth-order valence-electron chi connectivity index (χ4n) is 3.35. The molecule has 2 aromatic heterocycles. The number of hydrogen-bond donors (Lipinski definition) is 1. The predicted octanol–water partition coefficient (Wildman–Crippen LogP) is 6.31. The van der Waals surface area contributed by atoms with Crippen LogP contribution in [0.5, 0.6) is 0 Å². The summed E-state index contributed by atoms with van der Waals surface area (Å²) in [6.45, 7) is 2.97. The molecule has 0 aliphatic carbocycles. The molecule has 30 heavy (non-hydrogen) atoms. The van der Waals surface area contributed by atoms with Crippen molar-refractivity contribution in [3.63, 3.8) is 0 Å². The van der Waals surface area contributed by atoms with Gasteiger partial charge in [0.2, 0.25) is 0 Å². The zero-order chi connectivity index (χ0) is 20.9. The second-order valence-corrected chi connectivity index (χ2v) is 9.06. The number of hydrogen-bond acceptors (Lipinski definition) is 6. The Hall–Kier alpha value is -2.88. The number of thioether (sulfide) groups is 1. The van der Waals surface area contributed by atoms with Gasteiger partial charge < -0.3 is 5.32 Å². The highest BCUT2D eigenvalue weighted by Crippen LogP contribution is 2.30. The average molecular weight is 431 g/mol. The van der Waals surface area contributed by atoms with E-state index >= 15 is 0 Å². The lowest BCUT2D eigenvalue weighted by Gasteiger charge is -2.09. The molecule has 0 fully saturated rings. The summed E-state index contributed by atoms with van der Waals surface area (Å²) in [5.41, 5.74) is 4.30. The predicted molar refractivity (Wildman–Crippen MR) is 127 cm³/mol. The zero-order valence-corrected chi connectivity index (χ0v) is 18.6. The summed E-state index contributed by atoms with van der Waals surface area (Å²) >= 11 is 3.29. The summed E-state index contributed by atoms with van der Waals surface area (Å²) in [4.78, 5) is 11.6. The SMILES string of the molecule is CSc1nc(NCCCc2ccc(-c3ccc(C#N)cc3)cc2)c2cc(C)sc2n1. The highest BCUT2D eigenvalue weighted by atomic mass is 32.2. The van der Waals surface area contributed by atoms with Gasteiger partial charge in [-0.25, -0.2) is 9.97 Å². The number of nitrogens with zero attached hydrogens (tertiary/aromatic N) is 3. The Morgan fingerprint density at radius 2 is 1.73 bits per heavy atom. The van der Waals surface area contributed by atoms with Crippen LogP contribution in [0, 0.1) is 18.3 Å². The molecule has 150 valence electrons. The van der Waals surface area contributed by atoms with Gasteiger partial charge in [0.15, 0.2) is 5.16 Å². The molecule has 0 amide bonds.